The van der Waals surface area contributed by atoms with E-state index in [1.165, 1.54) is 29.2 Å². The molecule has 1 aromatic heterocycles. The van der Waals surface area contributed by atoms with E-state index in [-0.39, 0.29) is 11.9 Å². The summed E-state index contributed by atoms with van der Waals surface area (Å²) in [7, 11) is 0. The lowest BCUT2D eigenvalue weighted by molar-refractivity contribution is -0.134. The van der Waals surface area contributed by atoms with Crippen LogP contribution in [0.25, 0.3) is 10.9 Å². The molecule has 4 rings (SSSR count). The van der Waals surface area contributed by atoms with Crippen molar-refractivity contribution in [2.24, 2.45) is 0 Å². The van der Waals surface area contributed by atoms with Gasteiger partial charge in [-0.05, 0) is 30.3 Å². The van der Waals surface area contributed by atoms with Gasteiger partial charge in [0.2, 0.25) is 0 Å². The van der Waals surface area contributed by atoms with Gasteiger partial charge in [0.25, 0.3) is 11.7 Å². The molecular weight excluding hydrogens is 323 g/mol. The van der Waals surface area contributed by atoms with E-state index >= 15 is 0 Å². The van der Waals surface area contributed by atoms with Gasteiger partial charge in [-0.3, -0.25) is 9.59 Å². The summed E-state index contributed by atoms with van der Waals surface area (Å²) in [6.07, 6.45) is 1.38. The van der Waals surface area contributed by atoms with Crippen LogP contribution in [0.4, 0.5) is 4.39 Å². The molecule has 25 heavy (non-hydrogen) atoms. The zero-order chi connectivity index (χ0) is 17.4. The number of hydrogen-bond donors (Lipinski definition) is 1. The van der Waals surface area contributed by atoms with Crippen molar-refractivity contribution in [2.75, 3.05) is 13.1 Å². The minimum atomic E-state index is -0.538. The first-order valence-corrected chi connectivity index (χ1v) is 7.94. The van der Waals surface area contributed by atoms with Crippen molar-refractivity contribution in [3.05, 3.63) is 66.1 Å². The van der Waals surface area contributed by atoms with Crippen molar-refractivity contribution in [1.82, 2.24) is 9.88 Å². The third kappa shape index (κ3) is 2.87. The second-order valence-corrected chi connectivity index (χ2v) is 5.98. The van der Waals surface area contributed by atoms with E-state index in [2.05, 4.69) is 4.98 Å². The molecule has 0 bridgehead atoms. The number of para-hydroxylation sites is 1. The number of ether oxygens (including phenoxy) is 1. The molecule has 0 saturated carbocycles. The summed E-state index contributed by atoms with van der Waals surface area (Å²) in [4.78, 5) is 29.3. The summed E-state index contributed by atoms with van der Waals surface area (Å²) >= 11 is 0. The number of nitrogens with one attached hydrogen (secondary N) is 1. The summed E-state index contributed by atoms with van der Waals surface area (Å²) in [5.41, 5.74) is 1.20. The Hall–Kier alpha value is -3.15. The van der Waals surface area contributed by atoms with Crippen LogP contribution in [0.5, 0.6) is 5.75 Å². The van der Waals surface area contributed by atoms with Gasteiger partial charge in [-0.2, -0.15) is 0 Å². The number of aromatic nitrogens is 1. The lowest BCUT2D eigenvalue weighted by atomic mass is 10.1. The number of nitrogens with zero attached hydrogens (tertiary/aromatic N) is 1. The third-order valence-electron chi connectivity index (χ3n) is 4.28. The predicted octanol–water partition coefficient (Wildman–Crippen LogP) is 2.78. The first-order valence-electron chi connectivity index (χ1n) is 7.94. The zero-order valence-electron chi connectivity index (χ0n) is 13.2. The van der Waals surface area contributed by atoms with Crippen LogP contribution in [-0.2, 0) is 4.79 Å². The van der Waals surface area contributed by atoms with Crippen LogP contribution < -0.4 is 4.74 Å². The lowest BCUT2D eigenvalue weighted by Gasteiger charge is -2.38. The van der Waals surface area contributed by atoms with Gasteiger partial charge >= 0.3 is 0 Å². The standard InChI is InChI=1S/C19H15FN2O3/c20-12-5-7-13(8-6-12)25-14-10-22(11-14)19(24)18(23)16-9-21-17-4-2-1-3-15(16)17/h1-9,14,21H,10-11H2. The van der Waals surface area contributed by atoms with Crippen LogP contribution in [0.15, 0.2) is 54.7 Å². The van der Waals surface area contributed by atoms with Gasteiger partial charge in [0.1, 0.15) is 17.7 Å². The number of fused-ring (bicyclic) bond motifs is 1. The fourth-order valence-electron chi connectivity index (χ4n) is 2.90. The highest BCUT2D eigenvalue weighted by atomic mass is 19.1. The first kappa shape index (κ1) is 15.4. The quantitative estimate of drug-likeness (QED) is 0.588. The maximum Gasteiger partial charge on any atom is 0.295 e. The fraction of sp³-hybridized carbons (Fsp3) is 0.158. The Bertz CT molecular complexity index is 943. The van der Waals surface area contributed by atoms with Crippen LogP contribution >= 0.6 is 0 Å². The van der Waals surface area contributed by atoms with Crippen LogP contribution in [0, 0.1) is 5.82 Å². The topological polar surface area (TPSA) is 62.4 Å². The summed E-state index contributed by atoms with van der Waals surface area (Å²) < 4.78 is 18.5. The van der Waals surface area contributed by atoms with Crippen molar-refractivity contribution in [3.8, 4) is 5.75 Å². The Morgan fingerprint density at radius 1 is 1.08 bits per heavy atom. The molecule has 126 valence electrons. The molecule has 3 aromatic rings. The number of likely N-dealkylation sites (tertiary alicyclic amines) is 1. The van der Waals surface area contributed by atoms with E-state index in [1.807, 2.05) is 24.3 Å². The molecule has 0 atom stereocenters. The number of carbonyl (C=O) groups excluding carboxylic acids is 2. The second kappa shape index (κ2) is 6.05. The van der Waals surface area contributed by atoms with E-state index in [9.17, 15) is 14.0 Å². The first-order chi connectivity index (χ1) is 12.1. The Morgan fingerprint density at radius 2 is 1.80 bits per heavy atom. The Balaban J connectivity index is 1.39. The van der Waals surface area contributed by atoms with Gasteiger partial charge in [-0.1, -0.05) is 18.2 Å². The fourth-order valence-corrected chi connectivity index (χ4v) is 2.90. The summed E-state index contributed by atoms with van der Waals surface area (Å²) in [6, 6.07) is 13.1. The van der Waals surface area contributed by atoms with E-state index < -0.39 is 11.7 Å². The number of aromatic amines is 1. The molecule has 1 aliphatic rings. The highest BCUT2D eigenvalue weighted by Gasteiger charge is 2.36. The second-order valence-electron chi connectivity index (χ2n) is 5.98. The number of ketones is 1. The maximum absolute atomic E-state index is 12.9. The van der Waals surface area contributed by atoms with Gasteiger partial charge in [0.15, 0.2) is 0 Å². The minimum Gasteiger partial charge on any atom is -0.487 e. The minimum absolute atomic E-state index is 0.190. The van der Waals surface area contributed by atoms with Crippen molar-refractivity contribution < 1.29 is 18.7 Å². The van der Waals surface area contributed by atoms with Crippen LogP contribution in [0.2, 0.25) is 0 Å². The molecule has 0 spiro atoms. The molecular formula is C19H15FN2O3. The van der Waals surface area contributed by atoms with E-state index in [0.29, 0.717) is 24.4 Å². The van der Waals surface area contributed by atoms with Crippen LogP contribution in [0.3, 0.4) is 0 Å². The number of Topliss-reactive ketones (excluding diaryl/α,β-unsaturated/α-hetero) is 1. The molecule has 2 aromatic carbocycles. The highest BCUT2D eigenvalue weighted by molar-refractivity contribution is 6.45. The van der Waals surface area contributed by atoms with Gasteiger partial charge in [0.05, 0.1) is 18.7 Å². The number of rotatable bonds is 4. The number of carbonyl (C=O) groups is 2. The molecule has 0 unspecified atom stereocenters. The summed E-state index contributed by atoms with van der Waals surface area (Å²) in [5.74, 6) is -0.857. The van der Waals surface area contributed by atoms with Crippen molar-refractivity contribution >= 4 is 22.6 Å². The number of hydrogen-bond acceptors (Lipinski definition) is 3. The van der Waals surface area contributed by atoms with Crippen molar-refractivity contribution in [2.45, 2.75) is 6.10 Å². The molecule has 1 amide bonds. The third-order valence-corrected chi connectivity index (χ3v) is 4.28. The van der Waals surface area contributed by atoms with Crippen molar-refractivity contribution in [3.63, 3.8) is 0 Å². The Morgan fingerprint density at radius 3 is 2.56 bits per heavy atom. The number of amides is 1. The molecule has 5 nitrogen and oxygen atoms in total. The number of H-pyrrole nitrogens is 1. The molecule has 2 heterocycles. The van der Waals surface area contributed by atoms with E-state index in [4.69, 9.17) is 4.74 Å². The zero-order valence-corrected chi connectivity index (χ0v) is 13.2. The lowest BCUT2D eigenvalue weighted by Crippen LogP contribution is -2.57. The predicted molar refractivity (Wildman–Crippen MR) is 90.0 cm³/mol. The summed E-state index contributed by atoms with van der Waals surface area (Å²) in [6.45, 7) is 0.675. The summed E-state index contributed by atoms with van der Waals surface area (Å²) in [5, 5.41) is 0.737. The van der Waals surface area contributed by atoms with Gasteiger partial charge in [-0.15, -0.1) is 0 Å². The Labute approximate surface area is 143 Å². The molecule has 6 heteroatoms. The van der Waals surface area contributed by atoms with Crippen molar-refractivity contribution in [1.29, 1.82) is 0 Å². The number of halogens is 1. The molecule has 1 N–H and O–H groups in total. The molecule has 1 aliphatic heterocycles. The Kier molecular flexibility index (Phi) is 3.72. The van der Waals surface area contributed by atoms with Gasteiger partial charge < -0.3 is 14.6 Å². The molecule has 0 radical (unpaired) electrons. The normalized spacial score (nSPS) is 14.4. The molecule has 0 aliphatic carbocycles. The highest BCUT2D eigenvalue weighted by Crippen LogP contribution is 2.22. The van der Waals surface area contributed by atoms with Gasteiger partial charge in [-0.25, -0.2) is 4.39 Å². The average molecular weight is 338 g/mol. The maximum atomic E-state index is 12.9. The monoisotopic (exact) mass is 338 g/mol. The number of benzene rings is 2. The molecule has 1 saturated heterocycles. The van der Waals surface area contributed by atoms with Crippen LogP contribution in [0.1, 0.15) is 10.4 Å². The largest absolute Gasteiger partial charge is 0.487 e. The van der Waals surface area contributed by atoms with Crippen LogP contribution in [-0.4, -0.2) is 40.8 Å². The smallest absolute Gasteiger partial charge is 0.295 e. The average Bonchev–Trinajstić information content (AvgIpc) is 3.02. The van der Waals surface area contributed by atoms with E-state index in [0.717, 1.165) is 10.9 Å². The van der Waals surface area contributed by atoms with E-state index in [1.54, 1.807) is 6.20 Å². The molecule has 1 fully saturated rings. The SMILES string of the molecule is O=C(C(=O)N1CC(Oc2ccc(F)cc2)C1)c1c[nH]c2ccccc12. The van der Waals surface area contributed by atoms with Gasteiger partial charge in [0, 0.05) is 17.1 Å².